The molecule has 0 saturated heterocycles. The van der Waals surface area contributed by atoms with Crippen LogP contribution in [0.5, 0.6) is 5.75 Å². The molecule has 0 bridgehead atoms. The maximum Gasteiger partial charge on any atom is 0.279 e. The number of hydrogen-bond donors (Lipinski definition) is 0. The lowest BCUT2D eigenvalue weighted by Gasteiger charge is -2.23. The van der Waals surface area contributed by atoms with Crippen LogP contribution < -0.4 is 4.74 Å². The lowest BCUT2D eigenvalue weighted by Crippen LogP contribution is -2.27. The van der Waals surface area contributed by atoms with Crippen LogP contribution in [0, 0.1) is 0 Å². The van der Waals surface area contributed by atoms with E-state index in [9.17, 15) is 8.42 Å². The third-order valence-corrected chi connectivity index (χ3v) is 7.59. The van der Waals surface area contributed by atoms with E-state index in [0.717, 1.165) is 22.4 Å². The van der Waals surface area contributed by atoms with E-state index < -0.39 is 16.1 Å². The first-order chi connectivity index (χ1) is 15.1. The molecule has 3 heterocycles. The van der Waals surface area contributed by atoms with Crippen LogP contribution in [-0.4, -0.2) is 35.6 Å². The first kappa shape index (κ1) is 19.7. The van der Waals surface area contributed by atoms with Gasteiger partial charge in [0.05, 0.1) is 34.8 Å². The van der Waals surface area contributed by atoms with Crippen LogP contribution in [0.4, 0.5) is 0 Å². The number of methoxy groups -OCH3 is 1. The molecule has 2 aromatic heterocycles. The second-order valence-corrected chi connectivity index (χ2v) is 9.61. The Bertz CT molecular complexity index is 1370. The van der Waals surface area contributed by atoms with Crippen LogP contribution in [0.15, 0.2) is 81.7 Å². The number of sulfonamides is 1. The van der Waals surface area contributed by atoms with E-state index in [0.29, 0.717) is 17.7 Å². The van der Waals surface area contributed by atoms with Crippen LogP contribution in [0.3, 0.4) is 0 Å². The van der Waals surface area contributed by atoms with Gasteiger partial charge in [0.2, 0.25) is 0 Å². The predicted molar refractivity (Wildman–Crippen MR) is 120 cm³/mol. The fourth-order valence-electron chi connectivity index (χ4n) is 3.60. The SMILES string of the molecule is COc1ccc(S(=O)(=O)N2N=C(c3ccsc3)C[C@H]2c2ccc3nccnc3c2)cc1. The van der Waals surface area contributed by atoms with Crippen molar-refractivity contribution in [2.24, 2.45) is 5.10 Å². The number of rotatable bonds is 5. The summed E-state index contributed by atoms with van der Waals surface area (Å²) in [5.41, 5.74) is 3.96. The highest BCUT2D eigenvalue weighted by molar-refractivity contribution is 7.89. The third-order valence-electron chi connectivity index (χ3n) is 5.21. The average Bonchev–Trinajstić information content (AvgIpc) is 3.49. The Labute approximate surface area is 183 Å². The summed E-state index contributed by atoms with van der Waals surface area (Å²) in [5, 5.41) is 8.50. The molecule has 0 amide bonds. The maximum absolute atomic E-state index is 13.5. The van der Waals surface area contributed by atoms with Crippen molar-refractivity contribution in [2.45, 2.75) is 17.4 Å². The Morgan fingerprint density at radius 3 is 2.52 bits per heavy atom. The van der Waals surface area contributed by atoms with Gasteiger partial charge in [-0.1, -0.05) is 6.07 Å². The number of hydrazone groups is 1. The van der Waals surface area contributed by atoms with E-state index in [2.05, 4.69) is 15.1 Å². The molecule has 31 heavy (non-hydrogen) atoms. The van der Waals surface area contributed by atoms with Crippen molar-refractivity contribution in [3.63, 3.8) is 0 Å². The number of fused-ring (bicyclic) bond motifs is 1. The Morgan fingerprint density at radius 2 is 1.81 bits per heavy atom. The lowest BCUT2D eigenvalue weighted by atomic mass is 10.00. The summed E-state index contributed by atoms with van der Waals surface area (Å²) in [7, 11) is -2.34. The van der Waals surface area contributed by atoms with Crippen LogP contribution >= 0.6 is 11.3 Å². The molecule has 0 N–H and O–H groups in total. The van der Waals surface area contributed by atoms with Gasteiger partial charge in [-0.25, -0.2) is 0 Å². The van der Waals surface area contributed by atoms with E-state index in [4.69, 9.17) is 4.74 Å². The predicted octanol–water partition coefficient (Wildman–Crippen LogP) is 4.24. The quantitative estimate of drug-likeness (QED) is 0.454. The van der Waals surface area contributed by atoms with Crippen molar-refractivity contribution < 1.29 is 13.2 Å². The second kappa shape index (κ2) is 7.75. The molecule has 0 unspecified atom stereocenters. The summed E-state index contributed by atoms with van der Waals surface area (Å²) in [6, 6.07) is 13.5. The van der Waals surface area contributed by atoms with Crippen LogP contribution in [0.2, 0.25) is 0 Å². The van der Waals surface area contributed by atoms with E-state index in [-0.39, 0.29) is 4.90 Å². The van der Waals surface area contributed by atoms with Crippen molar-refractivity contribution in [3.05, 3.63) is 82.8 Å². The molecule has 7 nitrogen and oxygen atoms in total. The van der Waals surface area contributed by atoms with Gasteiger partial charge >= 0.3 is 0 Å². The van der Waals surface area contributed by atoms with Crippen molar-refractivity contribution in [2.75, 3.05) is 7.11 Å². The highest BCUT2D eigenvalue weighted by atomic mass is 32.2. The molecule has 1 atom stereocenters. The monoisotopic (exact) mass is 450 g/mol. The summed E-state index contributed by atoms with van der Waals surface area (Å²) >= 11 is 1.55. The molecule has 4 aromatic rings. The number of nitrogens with zero attached hydrogens (tertiary/aromatic N) is 4. The first-order valence-electron chi connectivity index (χ1n) is 9.55. The van der Waals surface area contributed by atoms with Gasteiger partial charge in [0.25, 0.3) is 10.0 Å². The van der Waals surface area contributed by atoms with Gasteiger partial charge in [0.1, 0.15) is 5.75 Å². The van der Waals surface area contributed by atoms with Crippen molar-refractivity contribution in [3.8, 4) is 5.75 Å². The third kappa shape index (κ3) is 3.55. The molecule has 9 heteroatoms. The second-order valence-electron chi connectivity index (χ2n) is 7.04. The van der Waals surface area contributed by atoms with Crippen LogP contribution in [-0.2, 0) is 10.0 Å². The van der Waals surface area contributed by atoms with Crippen LogP contribution in [0.1, 0.15) is 23.6 Å². The summed E-state index contributed by atoms with van der Waals surface area (Å²) < 4.78 is 33.5. The Morgan fingerprint density at radius 1 is 1.03 bits per heavy atom. The highest BCUT2D eigenvalue weighted by Crippen LogP contribution is 2.38. The molecule has 1 aliphatic rings. The molecule has 5 rings (SSSR count). The van der Waals surface area contributed by atoms with Gasteiger partial charge in [-0.3, -0.25) is 9.97 Å². The summed E-state index contributed by atoms with van der Waals surface area (Å²) in [6.45, 7) is 0. The Kier molecular flexibility index (Phi) is 4.91. The maximum atomic E-state index is 13.5. The van der Waals surface area contributed by atoms with E-state index in [1.807, 2.05) is 35.0 Å². The number of hydrogen-bond acceptors (Lipinski definition) is 7. The normalized spacial score (nSPS) is 16.5. The van der Waals surface area contributed by atoms with Gasteiger partial charge in [-0.2, -0.15) is 29.3 Å². The minimum absolute atomic E-state index is 0.161. The van der Waals surface area contributed by atoms with E-state index in [1.165, 1.54) is 16.5 Å². The minimum Gasteiger partial charge on any atom is -0.497 e. The molecule has 0 radical (unpaired) electrons. The van der Waals surface area contributed by atoms with Crippen molar-refractivity contribution in [1.82, 2.24) is 14.4 Å². The summed E-state index contributed by atoms with van der Waals surface area (Å²) in [6.07, 6.45) is 3.73. The average molecular weight is 451 g/mol. The molecular weight excluding hydrogens is 432 g/mol. The molecule has 156 valence electrons. The highest BCUT2D eigenvalue weighted by Gasteiger charge is 2.38. The fraction of sp³-hybridized carbons (Fsp3) is 0.136. The van der Waals surface area contributed by atoms with Gasteiger partial charge < -0.3 is 4.74 Å². The van der Waals surface area contributed by atoms with Gasteiger partial charge in [-0.15, -0.1) is 0 Å². The van der Waals surface area contributed by atoms with Crippen molar-refractivity contribution in [1.29, 1.82) is 0 Å². The topological polar surface area (TPSA) is 84.8 Å². The van der Waals surface area contributed by atoms with Gasteiger partial charge in [0.15, 0.2) is 0 Å². The molecule has 2 aromatic carbocycles. The number of aromatic nitrogens is 2. The molecular formula is C22H18N4O3S2. The molecule has 0 spiro atoms. The van der Waals surface area contributed by atoms with Crippen molar-refractivity contribution >= 4 is 38.1 Å². The van der Waals surface area contributed by atoms with E-state index in [1.54, 1.807) is 43.0 Å². The molecule has 1 aliphatic heterocycles. The lowest BCUT2D eigenvalue weighted by molar-refractivity contribution is 0.371. The number of benzene rings is 2. The van der Waals surface area contributed by atoms with Gasteiger partial charge in [-0.05, 0) is 58.8 Å². The zero-order valence-electron chi connectivity index (χ0n) is 16.5. The van der Waals surface area contributed by atoms with E-state index >= 15 is 0 Å². The first-order valence-corrected chi connectivity index (χ1v) is 11.9. The standard InChI is InChI=1S/C22H18N4O3S2/c1-29-17-3-5-18(6-4-17)31(27,28)26-22(13-20(25-26)16-8-11-30-14-16)15-2-7-19-21(12-15)24-10-9-23-19/h2-12,14,22H,13H2,1H3/t22-/m0/s1. The molecule has 0 fully saturated rings. The number of ether oxygens (including phenoxy) is 1. The summed E-state index contributed by atoms with van der Waals surface area (Å²) in [4.78, 5) is 8.83. The Hall–Kier alpha value is -3.30. The smallest absolute Gasteiger partial charge is 0.279 e. The van der Waals surface area contributed by atoms with Gasteiger partial charge in [0, 0.05) is 24.4 Å². The zero-order chi connectivity index (χ0) is 21.4. The van der Waals surface area contributed by atoms with Crippen LogP contribution in [0.25, 0.3) is 11.0 Å². The largest absolute Gasteiger partial charge is 0.497 e. The zero-order valence-corrected chi connectivity index (χ0v) is 18.2. The Balaban J connectivity index is 1.60. The molecule has 0 aliphatic carbocycles. The summed E-state index contributed by atoms with van der Waals surface area (Å²) in [5.74, 6) is 0.590. The minimum atomic E-state index is -3.88. The fourth-order valence-corrected chi connectivity index (χ4v) is 5.70. The molecule has 0 saturated carbocycles. The number of thiophene rings is 1.